The lowest BCUT2D eigenvalue weighted by Crippen LogP contribution is -1.85. The van der Waals surface area contributed by atoms with E-state index in [2.05, 4.69) is 47.8 Å². The summed E-state index contributed by atoms with van der Waals surface area (Å²) < 4.78 is 4.54. The summed E-state index contributed by atoms with van der Waals surface area (Å²) in [5, 5.41) is 1.27. The zero-order valence-electron chi connectivity index (χ0n) is 11.6. The topological polar surface area (TPSA) is 22.1 Å². The van der Waals surface area contributed by atoms with E-state index in [4.69, 9.17) is 0 Å². The Labute approximate surface area is 114 Å². The number of aromatic nitrogens is 1. The molecule has 0 saturated carbocycles. The van der Waals surface area contributed by atoms with Crippen LogP contribution in [0.2, 0.25) is 0 Å². The maximum Gasteiger partial charge on any atom is 0.0840 e. The van der Waals surface area contributed by atoms with Crippen molar-refractivity contribution in [2.45, 2.75) is 25.7 Å². The van der Waals surface area contributed by atoms with Crippen LogP contribution in [0.5, 0.6) is 0 Å². The van der Waals surface area contributed by atoms with E-state index in [1.54, 1.807) is 7.11 Å². The maximum atomic E-state index is 4.54. The van der Waals surface area contributed by atoms with Crippen LogP contribution in [0.15, 0.2) is 35.4 Å². The number of hydrogen-bond acceptors (Lipinski definition) is 3. The quantitative estimate of drug-likeness (QED) is 0.770. The molecule has 0 aliphatic heterocycles. The molecular weight excluding hydrogens is 242 g/mol. The molecule has 0 fully saturated rings. The molecule has 1 aromatic heterocycles. The second kappa shape index (κ2) is 8.11. The van der Waals surface area contributed by atoms with Crippen LogP contribution in [0.1, 0.15) is 19.4 Å². The fourth-order valence-corrected chi connectivity index (χ4v) is 2.34. The Morgan fingerprint density at radius 2 is 1.94 bits per heavy atom. The standard InChI is InChI=1S/C12H13NS.C3H8O/c1-3-14-11-6-4-5-10-9(2)7-8-13-12(10)11;1-3-4-2/h4-8H,3H2,1-2H3;3H2,1-2H3. The average Bonchev–Trinajstić information content (AvgIpc) is 2.41. The van der Waals surface area contributed by atoms with Crippen LogP contribution >= 0.6 is 11.8 Å². The van der Waals surface area contributed by atoms with Gasteiger partial charge in [0, 0.05) is 30.2 Å². The monoisotopic (exact) mass is 263 g/mol. The molecule has 2 nitrogen and oxygen atoms in total. The molecule has 1 heterocycles. The van der Waals surface area contributed by atoms with Crippen LogP contribution in [0.3, 0.4) is 0 Å². The summed E-state index contributed by atoms with van der Waals surface area (Å²) in [6.07, 6.45) is 1.89. The third kappa shape index (κ3) is 4.00. The van der Waals surface area contributed by atoms with Gasteiger partial charge in [0.2, 0.25) is 0 Å². The van der Waals surface area contributed by atoms with E-state index in [1.165, 1.54) is 15.8 Å². The third-order valence-electron chi connectivity index (χ3n) is 2.54. The molecule has 0 N–H and O–H groups in total. The number of ether oxygens (including phenoxy) is 1. The number of methoxy groups -OCH3 is 1. The van der Waals surface area contributed by atoms with Crippen LogP contribution in [0.4, 0.5) is 0 Å². The highest BCUT2D eigenvalue weighted by atomic mass is 32.2. The Hall–Kier alpha value is -1.06. The number of fused-ring (bicyclic) bond motifs is 1. The highest BCUT2D eigenvalue weighted by molar-refractivity contribution is 7.99. The Kier molecular flexibility index (Phi) is 6.76. The van der Waals surface area contributed by atoms with E-state index in [-0.39, 0.29) is 0 Å². The van der Waals surface area contributed by atoms with Gasteiger partial charge in [-0.3, -0.25) is 4.98 Å². The molecule has 98 valence electrons. The Morgan fingerprint density at radius 1 is 1.22 bits per heavy atom. The predicted molar refractivity (Wildman–Crippen MR) is 80.4 cm³/mol. The highest BCUT2D eigenvalue weighted by Gasteiger charge is 2.02. The fraction of sp³-hybridized carbons (Fsp3) is 0.400. The molecule has 0 unspecified atom stereocenters. The second-order valence-electron chi connectivity index (χ2n) is 3.79. The van der Waals surface area contributed by atoms with E-state index in [1.807, 2.05) is 24.9 Å². The van der Waals surface area contributed by atoms with Crippen molar-refractivity contribution in [3.05, 3.63) is 36.0 Å². The number of thioether (sulfide) groups is 1. The number of nitrogens with zero attached hydrogens (tertiary/aromatic N) is 1. The minimum absolute atomic E-state index is 0.819. The van der Waals surface area contributed by atoms with Crippen molar-refractivity contribution in [3.63, 3.8) is 0 Å². The van der Waals surface area contributed by atoms with Gasteiger partial charge in [-0.1, -0.05) is 19.1 Å². The Balaban J connectivity index is 0.000000357. The van der Waals surface area contributed by atoms with Gasteiger partial charge in [0.15, 0.2) is 0 Å². The van der Waals surface area contributed by atoms with Gasteiger partial charge in [-0.25, -0.2) is 0 Å². The minimum Gasteiger partial charge on any atom is -0.385 e. The van der Waals surface area contributed by atoms with Gasteiger partial charge in [0.25, 0.3) is 0 Å². The first-order chi connectivity index (χ1) is 8.74. The summed E-state index contributed by atoms with van der Waals surface area (Å²) in [5.74, 6) is 1.09. The molecule has 0 spiro atoms. The van der Waals surface area contributed by atoms with Crippen LogP contribution < -0.4 is 0 Å². The van der Waals surface area contributed by atoms with Crippen LogP contribution in [0.25, 0.3) is 10.9 Å². The fourth-order valence-electron chi connectivity index (χ4n) is 1.56. The Morgan fingerprint density at radius 3 is 2.56 bits per heavy atom. The number of benzene rings is 1. The van der Waals surface area contributed by atoms with E-state index in [0.29, 0.717) is 0 Å². The molecule has 2 aromatic rings. The lowest BCUT2D eigenvalue weighted by molar-refractivity contribution is 0.215. The van der Waals surface area contributed by atoms with Gasteiger partial charge in [0.05, 0.1) is 5.52 Å². The third-order valence-corrected chi connectivity index (χ3v) is 3.47. The molecule has 18 heavy (non-hydrogen) atoms. The van der Waals surface area contributed by atoms with Crippen molar-refractivity contribution in [1.29, 1.82) is 0 Å². The van der Waals surface area contributed by atoms with Crippen LogP contribution in [0, 0.1) is 6.92 Å². The first-order valence-electron chi connectivity index (χ1n) is 6.20. The number of pyridine rings is 1. The van der Waals surface area contributed by atoms with Crippen LogP contribution in [-0.2, 0) is 4.74 Å². The smallest absolute Gasteiger partial charge is 0.0840 e. The molecule has 0 aliphatic rings. The molecule has 2 rings (SSSR count). The second-order valence-corrected chi connectivity index (χ2v) is 5.10. The molecule has 3 heteroatoms. The normalized spacial score (nSPS) is 10.0. The SMILES string of the molecule is CCOC.CCSc1cccc2c(C)ccnc12. The van der Waals surface area contributed by atoms with Gasteiger partial charge in [-0.15, -0.1) is 11.8 Å². The van der Waals surface area contributed by atoms with Gasteiger partial charge >= 0.3 is 0 Å². The van der Waals surface area contributed by atoms with Crippen LogP contribution in [-0.4, -0.2) is 24.5 Å². The minimum atomic E-state index is 0.819. The molecule has 1 aromatic carbocycles. The summed E-state index contributed by atoms with van der Waals surface area (Å²) in [6.45, 7) is 7.07. The Bertz CT molecular complexity index is 483. The molecule has 0 saturated heterocycles. The van der Waals surface area contributed by atoms with Crippen molar-refractivity contribution < 1.29 is 4.74 Å². The molecule has 0 amide bonds. The van der Waals surface area contributed by atoms with Gasteiger partial charge in [-0.2, -0.15) is 0 Å². The maximum absolute atomic E-state index is 4.54. The van der Waals surface area contributed by atoms with Gasteiger partial charge in [-0.05, 0) is 37.3 Å². The van der Waals surface area contributed by atoms with E-state index >= 15 is 0 Å². The van der Waals surface area contributed by atoms with Crippen molar-refractivity contribution in [1.82, 2.24) is 4.98 Å². The van der Waals surface area contributed by atoms with Crippen molar-refractivity contribution >= 4 is 22.7 Å². The number of aryl methyl sites for hydroxylation is 1. The lowest BCUT2D eigenvalue weighted by atomic mass is 10.1. The first-order valence-corrected chi connectivity index (χ1v) is 7.19. The summed E-state index contributed by atoms with van der Waals surface area (Å²) in [7, 11) is 1.68. The summed E-state index contributed by atoms with van der Waals surface area (Å²) in [4.78, 5) is 5.73. The first kappa shape index (κ1) is 15.0. The zero-order valence-corrected chi connectivity index (χ0v) is 12.4. The molecular formula is C15H21NOS. The van der Waals surface area contributed by atoms with Gasteiger partial charge < -0.3 is 4.74 Å². The summed E-state index contributed by atoms with van der Waals surface area (Å²) >= 11 is 1.85. The zero-order chi connectivity index (χ0) is 13.4. The molecule has 0 aliphatic carbocycles. The molecule has 0 atom stereocenters. The van der Waals surface area contributed by atoms with Crippen molar-refractivity contribution in [3.8, 4) is 0 Å². The lowest BCUT2D eigenvalue weighted by Gasteiger charge is -2.05. The average molecular weight is 263 g/mol. The van der Waals surface area contributed by atoms with Crippen molar-refractivity contribution in [2.24, 2.45) is 0 Å². The highest BCUT2D eigenvalue weighted by Crippen LogP contribution is 2.27. The summed E-state index contributed by atoms with van der Waals surface area (Å²) in [5.41, 5.74) is 2.44. The summed E-state index contributed by atoms with van der Waals surface area (Å²) in [6, 6.07) is 8.44. The van der Waals surface area contributed by atoms with Gasteiger partial charge in [0.1, 0.15) is 0 Å². The number of hydrogen-bond donors (Lipinski definition) is 0. The largest absolute Gasteiger partial charge is 0.385 e. The number of para-hydroxylation sites is 1. The van der Waals surface area contributed by atoms with E-state index in [9.17, 15) is 0 Å². The van der Waals surface area contributed by atoms with E-state index < -0.39 is 0 Å². The van der Waals surface area contributed by atoms with E-state index in [0.717, 1.165) is 17.9 Å². The predicted octanol–water partition coefficient (Wildman–Crippen LogP) is 4.31. The molecule has 0 bridgehead atoms. The number of rotatable bonds is 3. The van der Waals surface area contributed by atoms with Crippen molar-refractivity contribution in [2.75, 3.05) is 19.5 Å². The molecule has 0 radical (unpaired) electrons.